The molecule has 0 heterocycles. The number of hydrogen-bond donors (Lipinski definition) is 1. The molecule has 5 heteroatoms. The molecule has 0 aromatic heterocycles. The van der Waals surface area contributed by atoms with Gasteiger partial charge in [-0.1, -0.05) is 0 Å². The monoisotopic (exact) mass is 259 g/mol. The van der Waals surface area contributed by atoms with Gasteiger partial charge in [-0.3, -0.25) is 0 Å². The van der Waals surface area contributed by atoms with Crippen molar-refractivity contribution >= 4 is 0 Å². The molecule has 0 aromatic rings. The van der Waals surface area contributed by atoms with E-state index < -0.39 is 0 Å². The molecule has 1 N–H and O–H groups in total. The van der Waals surface area contributed by atoms with Crippen LogP contribution in [0.5, 0.6) is 0 Å². The van der Waals surface area contributed by atoms with E-state index in [4.69, 9.17) is 10.1 Å². The Morgan fingerprint density at radius 3 is 1.40 bits per heavy atom. The second-order valence-electron chi connectivity index (χ2n) is 0.0816. The molecular weight excluding hydrogens is 259 g/mol. The zero-order valence-electron chi connectivity index (χ0n) is 1.94. The molecule has 0 rings (SSSR count). The molecule has 3 nitrogen and oxygen atoms in total. The zero-order chi connectivity index (χ0) is 2.71. The van der Waals surface area contributed by atoms with Gasteiger partial charge in [-0.15, -0.1) is 4.91 Å². The van der Waals surface area contributed by atoms with Gasteiger partial charge in [0.1, 0.15) is 0 Å². The molecule has 0 amide bonds. The molecule has 5 heavy (non-hydrogen) atoms. The summed E-state index contributed by atoms with van der Waals surface area (Å²) in [5.41, 5.74) is 0. The summed E-state index contributed by atoms with van der Waals surface area (Å²) in [5, 5.41) is 7.89. The van der Waals surface area contributed by atoms with Gasteiger partial charge in [-0.2, -0.15) is 0 Å². The summed E-state index contributed by atoms with van der Waals surface area (Å²) in [7, 11) is 0. The minimum Gasteiger partial charge on any atom is -0.379 e. The fourth-order valence-electron chi connectivity index (χ4n) is 0. The molecule has 0 atom stereocenters. The van der Waals surface area contributed by atoms with E-state index >= 15 is 0 Å². The fourth-order valence-corrected chi connectivity index (χ4v) is 0. The van der Waals surface area contributed by atoms with Gasteiger partial charge in [0, 0.05) is 40.8 Å². The minimum absolute atomic E-state index is 0. The molecule has 0 radical (unpaired) electrons. The molecule has 0 aliphatic heterocycles. The third kappa shape index (κ3) is 66.8. The molecule has 0 aromatic carbocycles. The molecular formula is HNO2Pd2. The summed E-state index contributed by atoms with van der Waals surface area (Å²) < 4.78 is 0. The van der Waals surface area contributed by atoms with Gasteiger partial charge in [0.05, 0.1) is 0 Å². The Bertz CT molecular complexity index is 15.1. The normalized spacial score (nSPS) is 2.40. The van der Waals surface area contributed by atoms with E-state index in [0.717, 1.165) is 0 Å². The van der Waals surface area contributed by atoms with Crippen LogP contribution in [-0.4, -0.2) is 5.21 Å². The topological polar surface area (TPSA) is 49.7 Å². The van der Waals surface area contributed by atoms with Crippen molar-refractivity contribution in [3.63, 3.8) is 0 Å². The van der Waals surface area contributed by atoms with E-state index in [-0.39, 0.29) is 40.8 Å². The van der Waals surface area contributed by atoms with Crippen LogP contribution in [0.4, 0.5) is 0 Å². The third-order valence-electron chi connectivity index (χ3n) is 0. The van der Waals surface area contributed by atoms with Gasteiger partial charge in [-0.25, -0.2) is 0 Å². The van der Waals surface area contributed by atoms with Crippen LogP contribution in [0.1, 0.15) is 0 Å². The number of nitrogens with zero attached hydrogens (tertiary/aromatic N) is 1. The van der Waals surface area contributed by atoms with Crippen LogP contribution in [0.2, 0.25) is 0 Å². The van der Waals surface area contributed by atoms with Crippen molar-refractivity contribution in [3.8, 4) is 0 Å². The predicted molar refractivity (Wildman–Crippen MR) is 7.58 cm³/mol. The first-order chi connectivity index (χ1) is 1.41. The van der Waals surface area contributed by atoms with Crippen LogP contribution >= 0.6 is 0 Å². The van der Waals surface area contributed by atoms with Gasteiger partial charge < -0.3 is 5.21 Å². The van der Waals surface area contributed by atoms with E-state index in [1.807, 2.05) is 0 Å². The average molecular weight is 260 g/mol. The number of rotatable bonds is 0. The van der Waals surface area contributed by atoms with Crippen molar-refractivity contribution in [2.75, 3.05) is 0 Å². The minimum atomic E-state index is 0. The van der Waals surface area contributed by atoms with Crippen LogP contribution in [0, 0.1) is 4.91 Å². The maximum Gasteiger partial charge on any atom is 0.152 e. The third-order valence-corrected chi connectivity index (χ3v) is 0. The molecule has 0 unspecified atom stereocenters. The summed E-state index contributed by atoms with van der Waals surface area (Å²) in [6.07, 6.45) is 0. The first-order valence-electron chi connectivity index (χ1n) is 0.383. The Morgan fingerprint density at radius 2 is 1.40 bits per heavy atom. The summed E-state index contributed by atoms with van der Waals surface area (Å²) in [6, 6.07) is 0. The molecule has 0 spiro atoms. The van der Waals surface area contributed by atoms with Crippen molar-refractivity contribution in [1.29, 1.82) is 0 Å². The molecule has 0 bridgehead atoms. The Kier molecular flexibility index (Phi) is 75.9. The maximum atomic E-state index is 8.11. The first-order valence-corrected chi connectivity index (χ1v) is 0.383. The van der Waals surface area contributed by atoms with Crippen LogP contribution < -0.4 is 0 Å². The van der Waals surface area contributed by atoms with Crippen molar-refractivity contribution in [2.45, 2.75) is 0 Å². The Morgan fingerprint density at radius 1 is 1.40 bits per heavy atom. The van der Waals surface area contributed by atoms with Crippen molar-refractivity contribution in [2.24, 2.45) is 5.34 Å². The van der Waals surface area contributed by atoms with Crippen LogP contribution in [0.25, 0.3) is 0 Å². The fraction of sp³-hybridized carbons (Fsp3) is 0. The van der Waals surface area contributed by atoms with E-state index in [2.05, 4.69) is 0 Å². The molecule has 38 valence electrons. The van der Waals surface area contributed by atoms with Crippen molar-refractivity contribution < 1.29 is 46.1 Å². The SMILES string of the molecule is O=NO.[Pd].[Pd]. The number of hydrogen-bond acceptors (Lipinski definition) is 2. The van der Waals surface area contributed by atoms with Gasteiger partial charge in [0.25, 0.3) is 0 Å². The summed E-state index contributed by atoms with van der Waals surface area (Å²) in [6.45, 7) is 0. The Hall–Kier alpha value is 0.725. The van der Waals surface area contributed by atoms with Crippen LogP contribution in [0.15, 0.2) is 5.34 Å². The Labute approximate surface area is 56.4 Å². The van der Waals surface area contributed by atoms with Gasteiger partial charge >= 0.3 is 0 Å². The molecule has 0 saturated heterocycles. The summed E-state index contributed by atoms with van der Waals surface area (Å²) in [4.78, 5) is 8.11. The standard InChI is InChI=1S/HNO2.2Pd/c2-1-3;;/h(H,2,3);;. The quantitative estimate of drug-likeness (QED) is 0.382. The van der Waals surface area contributed by atoms with E-state index in [9.17, 15) is 0 Å². The molecule has 0 aliphatic carbocycles. The smallest absolute Gasteiger partial charge is 0.152 e. The van der Waals surface area contributed by atoms with E-state index in [1.165, 1.54) is 5.34 Å². The van der Waals surface area contributed by atoms with Gasteiger partial charge in [-0.05, 0) is 0 Å². The van der Waals surface area contributed by atoms with Crippen molar-refractivity contribution in [3.05, 3.63) is 4.91 Å². The molecule has 0 saturated carbocycles. The van der Waals surface area contributed by atoms with Gasteiger partial charge in [0.2, 0.25) is 0 Å². The van der Waals surface area contributed by atoms with Crippen molar-refractivity contribution in [1.82, 2.24) is 0 Å². The van der Waals surface area contributed by atoms with Crippen LogP contribution in [0.3, 0.4) is 0 Å². The maximum absolute atomic E-state index is 8.11. The predicted octanol–water partition coefficient (Wildman–Crippen LogP) is 0.137. The first kappa shape index (κ1) is 17.2. The Balaban J connectivity index is -0.0000000200. The second kappa shape index (κ2) is 22.0. The van der Waals surface area contributed by atoms with Gasteiger partial charge in [0.15, 0.2) is 5.34 Å². The van der Waals surface area contributed by atoms with E-state index in [0.29, 0.717) is 0 Å². The average Bonchev–Trinajstić information content (AvgIpc) is 0.918. The second-order valence-corrected chi connectivity index (χ2v) is 0.0816. The largest absolute Gasteiger partial charge is 0.379 e. The van der Waals surface area contributed by atoms with E-state index in [1.54, 1.807) is 0 Å². The summed E-state index contributed by atoms with van der Waals surface area (Å²) in [5.74, 6) is 0. The molecule has 0 aliphatic rings. The summed E-state index contributed by atoms with van der Waals surface area (Å²) >= 11 is 0. The molecule has 0 fully saturated rings. The zero-order valence-corrected chi connectivity index (χ0v) is 5.04. The van der Waals surface area contributed by atoms with Crippen LogP contribution in [-0.2, 0) is 40.8 Å².